The van der Waals surface area contributed by atoms with Crippen molar-refractivity contribution in [2.45, 2.75) is 13.3 Å². The zero-order valence-corrected chi connectivity index (χ0v) is 13.1. The predicted molar refractivity (Wildman–Crippen MR) is 91.3 cm³/mol. The minimum atomic E-state index is -0.950. The molecule has 0 bridgehead atoms. The normalized spacial score (nSPS) is 10.4. The number of aryl methyl sites for hydroxylation is 1. The van der Waals surface area contributed by atoms with E-state index in [0.717, 1.165) is 17.1 Å². The van der Waals surface area contributed by atoms with Gasteiger partial charge < -0.3 is 10.4 Å². The Morgan fingerprint density at radius 1 is 1.08 bits per heavy atom. The van der Waals surface area contributed by atoms with Gasteiger partial charge in [-0.25, -0.2) is 14.8 Å². The number of hydrogen-bond acceptors (Lipinski definition) is 5. The molecule has 6 nitrogen and oxygen atoms in total. The molecule has 2 N–H and O–H groups in total. The van der Waals surface area contributed by atoms with Crippen molar-refractivity contribution in [2.24, 2.45) is 0 Å². The molecule has 0 saturated carbocycles. The highest BCUT2D eigenvalue weighted by molar-refractivity contribution is 5.88. The average molecular weight is 320 g/mol. The Kier molecular flexibility index (Phi) is 4.47. The van der Waals surface area contributed by atoms with Crippen molar-refractivity contribution < 1.29 is 9.90 Å². The predicted octanol–water partition coefficient (Wildman–Crippen LogP) is 3.54. The summed E-state index contributed by atoms with van der Waals surface area (Å²) in [5.41, 5.74) is 2.52. The summed E-state index contributed by atoms with van der Waals surface area (Å²) in [4.78, 5) is 24.2. The summed E-state index contributed by atoms with van der Waals surface area (Å²) in [7, 11) is 0. The van der Waals surface area contributed by atoms with Gasteiger partial charge >= 0.3 is 5.97 Å². The fraction of sp³-hybridized carbons (Fsp3) is 0.111. The van der Waals surface area contributed by atoms with Crippen LogP contribution in [0.2, 0.25) is 0 Å². The number of nitrogens with zero attached hydrogens (tertiary/aromatic N) is 3. The highest BCUT2D eigenvalue weighted by atomic mass is 16.4. The molecular formula is C18H16N4O2. The molecule has 0 aliphatic rings. The van der Waals surface area contributed by atoms with Gasteiger partial charge in [0.15, 0.2) is 0 Å². The Hall–Kier alpha value is -3.28. The lowest BCUT2D eigenvalue weighted by molar-refractivity contribution is 0.0697. The molecule has 3 aromatic rings. The van der Waals surface area contributed by atoms with Crippen LogP contribution in [0.1, 0.15) is 23.1 Å². The molecule has 6 heteroatoms. The first-order valence-corrected chi connectivity index (χ1v) is 7.55. The van der Waals surface area contributed by atoms with Gasteiger partial charge in [0, 0.05) is 24.4 Å². The number of nitrogens with one attached hydrogen (secondary N) is 1. The summed E-state index contributed by atoms with van der Waals surface area (Å²) < 4.78 is 0. The summed E-state index contributed by atoms with van der Waals surface area (Å²) in [6.07, 6.45) is 2.42. The van der Waals surface area contributed by atoms with Gasteiger partial charge in [-0.15, -0.1) is 0 Å². The highest BCUT2D eigenvalue weighted by Gasteiger charge is 2.08. The molecule has 0 fully saturated rings. The van der Waals surface area contributed by atoms with Crippen molar-refractivity contribution in [2.75, 3.05) is 5.32 Å². The lowest BCUT2D eigenvalue weighted by atomic mass is 10.2. The molecule has 120 valence electrons. The molecule has 1 aromatic carbocycles. The second-order valence-electron chi connectivity index (χ2n) is 5.13. The second-order valence-corrected chi connectivity index (χ2v) is 5.13. The van der Waals surface area contributed by atoms with E-state index in [1.807, 2.05) is 31.2 Å². The molecule has 0 atom stereocenters. The summed E-state index contributed by atoms with van der Waals surface area (Å²) in [5, 5.41) is 12.1. The first-order chi connectivity index (χ1) is 11.7. The SMILES string of the molecule is CCc1nc(Nc2ccc(C(=O)O)cc2)cc(-c2ccccn2)n1. The Morgan fingerprint density at radius 2 is 1.88 bits per heavy atom. The molecule has 0 saturated heterocycles. The molecular weight excluding hydrogens is 304 g/mol. The lowest BCUT2D eigenvalue weighted by Gasteiger charge is -2.09. The average Bonchev–Trinajstić information content (AvgIpc) is 2.62. The first-order valence-electron chi connectivity index (χ1n) is 7.55. The van der Waals surface area contributed by atoms with E-state index in [0.29, 0.717) is 18.1 Å². The minimum absolute atomic E-state index is 0.242. The van der Waals surface area contributed by atoms with Crippen molar-refractivity contribution in [1.29, 1.82) is 0 Å². The topological polar surface area (TPSA) is 88.0 Å². The number of rotatable bonds is 5. The van der Waals surface area contributed by atoms with E-state index in [-0.39, 0.29) is 5.56 Å². The third-order valence-corrected chi connectivity index (χ3v) is 3.42. The summed E-state index contributed by atoms with van der Waals surface area (Å²) >= 11 is 0. The van der Waals surface area contributed by atoms with Crippen LogP contribution in [0.3, 0.4) is 0 Å². The molecule has 0 radical (unpaired) electrons. The molecule has 24 heavy (non-hydrogen) atoms. The monoisotopic (exact) mass is 320 g/mol. The minimum Gasteiger partial charge on any atom is -0.478 e. The molecule has 3 rings (SSSR count). The number of carboxylic acid groups (broad SMARTS) is 1. The first kappa shape index (κ1) is 15.6. The summed E-state index contributed by atoms with van der Waals surface area (Å²) in [5.74, 6) is 0.405. The van der Waals surface area contributed by atoms with Gasteiger partial charge in [0.2, 0.25) is 0 Å². The van der Waals surface area contributed by atoms with Gasteiger partial charge in [0.25, 0.3) is 0 Å². The summed E-state index contributed by atoms with van der Waals surface area (Å²) in [6.45, 7) is 1.99. The third kappa shape index (κ3) is 3.55. The Bertz CT molecular complexity index is 849. The second kappa shape index (κ2) is 6.87. The maximum absolute atomic E-state index is 10.9. The van der Waals surface area contributed by atoms with Crippen LogP contribution in [0.25, 0.3) is 11.4 Å². The smallest absolute Gasteiger partial charge is 0.335 e. The zero-order chi connectivity index (χ0) is 16.9. The van der Waals surface area contributed by atoms with Crippen LogP contribution in [-0.2, 0) is 6.42 Å². The molecule has 2 heterocycles. The van der Waals surface area contributed by atoms with Crippen LogP contribution < -0.4 is 5.32 Å². The number of pyridine rings is 1. The Morgan fingerprint density at radius 3 is 2.50 bits per heavy atom. The number of aromatic nitrogens is 3. The van der Waals surface area contributed by atoms with Crippen molar-refractivity contribution >= 4 is 17.5 Å². The number of aromatic carboxylic acids is 1. The number of benzene rings is 1. The Balaban J connectivity index is 1.91. The summed E-state index contributed by atoms with van der Waals surface area (Å²) in [6, 6.07) is 14.0. The van der Waals surface area contributed by atoms with Crippen LogP contribution in [0.4, 0.5) is 11.5 Å². The van der Waals surface area contributed by atoms with Gasteiger partial charge in [-0.3, -0.25) is 4.98 Å². The van der Waals surface area contributed by atoms with Crippen LogP contribution in [0.15, 0.2) is 54.7 Å². The molecule has 0 unspecified atom stereocenters. The van der Waals surface area contributed by atoms with Crippen LogP contribution >= 0.6 is 0 Å². The fourth-order valence-corrected chi connectivity index (χ4v) is 2.21. The van der Waals surface area contributed by atoms with E-state index in [4.69, 9.17) is 5.11 Å². The number of hydrogen-bond donors (Lipinski definition) is 2. The van der Waals surface area contributed by atoms with E-state index in [2.05, 4.69) is 20.3 Å². The van der Waals surface area contributed by atoms with Crippen LogP contribution in [0, 0.1) is 0 Å². The van der Waals surface area contributed by atoms with E-state index in [1.54, 1.807) is 30.5 Å². The van der Waals surface area contributed by atoms with Crippen molar-refractivity contribution in [3.8, 4) is 11.4 Å². The standard InChI is InChI=1S/C18H16N4O2/c1-2-16-21-15(14-5-3-4-10-19-14)11-17(22-16)20-13-8-6-12(7-9-13)18(23)24/h3-11H,2H2,1H3,(H,23,24)(H,20,21,22). The third-order valence-electron chi connectivity index (χ3n) is 3.42. The highest BCUT2D eigenvalue weighted by Crippen LogP contribution is 2.21. The Labute approximate surface area is 139 Å². The molecule has 0 spiro atoms. The molecule has 0 aliphatic heterocycles. The fourth-order valence-electron chi connectivity index (χ4n) is 2.21. The maximum atomic E-state index is 10.9. The van der Waals surface area contributed by atoms with Crippen molar-refractivity contribution in [3.63, 3.8) is 0 Å². The van der Waals surface area contributed by atoms with Gasteiger partial charge in [-0.05, 0) is 36.4 Å². The van der Waals surface area contributed by atoms with E-state index in [9.17, 15) is 4.79 Å². The number of carboxylic acids is 1. The van der Waals surface area contributed by atoms with Crippen molar-refractivity contribution in [1.82, 2.24) is 15.0 Å². The van der Waals surface area contributed by atoms with Gasteiger partial charge in [0.1, 0.15) is 11.6 Å². The molecule has 0 aliphatic carbocycles. The van der Waals surface area contributed by atoms with Crippen LogP contribution in [0.5, 0.6) is 0 Å². The number of anilines is 2. The van der Waals surface area contributed by atoms with Crippen molar-refractivity contribution in [3.05, 3.63) is 66.1 Å². The quantitative estimate of drug-likeness (QED) is 0.747. The van der Waals surface area contributed by atoms with Gasteiger partial charge in [-0.1, -0.05) is 13.0 Å². The maximum Gasteiger partial charge on any atom is 0.335 e. The molecule has 0 amide bonds. The van der Waals surface area contributed by atoms with Crippen LogP contribution in [-0.4, -0.2) is 26.0 Å². The zero-order valence-electron chi connectivity index (χ0n) is 13.1. The van der Waals surface area contributed by atoms with Gasteiger partial charge in [-0.2, -0.15) is 0 Å². The lowest BCUT2D eigenvalue weighted by Crippen LogP contribution is -2.02. The largest absolute Gasteiger partial charge is 0.478 e. The van der Waals surface area contributed by atoms with E-state index >= 15 is 0 Å². The molecule has 2 aromatic heterocycles. The van der Waals surface area contributed by atoms with Gasteiger partial charge in [0.05, 0.1) is 17.0 Å². The number of carbonyl (C=O) groups is 1. The van der Waals surface area contributed by atoms with E-state index in [1.165, 1.54) is 0 Å². The van der Waals surface area contributed by atoms with E-state index < -0.39 is 5.97 Å².